The van der Waals surface area contributed by atoms with Crippen molar-refractivity contribution in [3.05, 3.63) is 58.3 Å². The molecule has 2 rings (SSSR count). The Morgan fingerprint density at radius 2 is 1.81 bits per heavy atom. The van der Waals surface area contributed by atoms with Gasteiger partial charge in [0.15, 0.2) is 11.6 Å². The van der Waals surface area contributed by atoms with Gasteiger partial charge in [0.25, 0.3) is 0 Å². The zero-order valence-corrected chi connectivity index (χ0v) is 10.3. The zero-order chi connectivity index (χ0) is 11.5. The molecule has 1 nitrogen and oxygen atoms in total. The topological polar surface area (TPSA) is 9.23 Å². The summed E-state index contributed by atoms with van der Waals surface area (Å²) in [6, 6.07) is 12.2. The first-order valence-corrected chi connectivity index (χ1v) is 5.64. The summed E-state index contributed by atoms with van der Waals surface area (Å²) in [5, 5.41) is 0. The predicted octanol–water partition coefficient (Wildman–Crippen LogP) is 4.69. The quantitative estimate of drug-likeness (QED) is 0.776. The predicted molar refractivity (Wildman–Crippen MR) is 65.4 cm³/mol. The Kier molecular flexibility index (Phi) is 3.25. The van der Waals surface area contributed by atoms with Gasteiger partial charge in [-0.15, -0.1) is 0 Å². The lowest BCUT2D eigenvalue weighted by molar-refractivity contribution is 0.439. The second-order valence-electron chi connectivity index (χ2n) is 3.44. The Labute approximate surface area is 102 Å². The molecule has 0 fully saturated rings. The molecular weight excluding hydrogens is 271 g/mol. The monoisotopic (exact) mass is 280 g/mol. The van der Waals surface area contributed by atoms with Gasteiger partial charge >= 0.3 is 0 Å². The minimum absolute atomic E-state index is 0.234. The summed E-state index contributed by atoms with van der Waals surface area (Å²) in [5.41, 5.74) is 0.977. The SMILES string of the molecule is Cc1ccccc1Oc1ccc(Br)cc1F. The van der Waals surface area contributed by atoms with Crippen LogP contribution in [0, 0.1) is 12.7 Å². The van der Waals surface area contributed by atoms with E-state index in [-0.39, 0.29) is 11.6 Å². The molecule has 0 aliphatic rings. The van der Waals surface area contributed by atoms with Crippen molar-refractivity contribution < 1.29 is 9.13 Å². The van der Waals surface area contributed by atoms with Crippen molar-refractivity contribution in [2.45, 2.75) is 6.92 Å². The Balaban J connectivity index is 2.31. The van der Waals surface area contributed by atoms with Gasteiger partial charge in [0.05, 0.1) is 0 Å². The lowest BCUT2D eigenvalue weighted by Gasteiger charge is -2.09. The van der Waals surface area contributed by atoms with Gasteiger partial charge in [-0.05, 0) is 36.8 Å². The molecule has 3 heteroatoms. The van der Waals surface area contributed by atoms with Crippen molar-refractivity contribution in [1.29, 1.82) is 0 Å². The van der Waals surface area contributed by atoms with Crippen LogP contribution in [0.1, 0.15) is 5.56 Å². The van der Waals surface area contributed by atoms with Gasteiger partial charge in [-0.3, -0.25) is 0 Å². The van der Waals surface area contributed by atoms with Crippen LogP contribution in [-0.4, -0.2) is 0 Å². The number of aryl methyl sites for hydroxylation is 1. The van der Waals surface area contributed by atoms with Gasteiger partial charge in [0.1, 0.15) is 5.75 Å². The maximum atomic E-state index is 13.5. The van der Waals surface area contributed by atoms with E-state index in [4.69, 9.17) is 4.74 Å². The molecule has 2 aromatic rings. The van der Waals surface area contributed by atoms with E-state index in [0.717, 1.165) is 5.56 Å². The third-order valence-corrected chi connectivity index (χ3v) is 2.70. The molecule has 0 unspecified atom stereocenters. The molecule has 0 aliphatic heterocycles. The average molecular weight is 281 g/mol. The van der Waals surface area contributed by atoms with E-state index in [9.17, 15) is 4.39 Å². The highest BCUT2D eigenvalue weighted by atomic mass is 79.9. The summed E-state index contributed by atoms with van der Waals surface area (Å²) in [6.07, 6.45) is 0. The molecule has 0 N–H and O–H groups in total. The summed E-state index contributed by atoms with van der Waals surface area (Å²) in [7, 11) is 0. The van der Waals surface area contributed by atoms with Gasteiger partial charge in [-0.1, -0.05) is 34.1 Å². The first-order chi connectivity index (χ1) is 7.66. The standard InChI is InChI=1S/C13H10BrFO/c1-9-4-2-3-5-12(9)16-13-7-6-10(14)8-11(13)15/h2-8H,1H3. The molecule has 16 heavy (non-hydrogen) atoms. The summed E-state index contributed by atoms with van der Waals surface area (Å²) in [4.78, 5) is 0. The Morgan fingerprint density at radius 3 is 2.50 bits per heavy atom. The number of halogens is 2. The first kappa shape index (κ1) is 11.1. The number of para-hydroxylation sites is 1. The van der Waals surface area contributed by atoms with E-state index in [0.29, 0.717) is 10.2 Å². The molecule has 0 aliphatic carbocycles. The van der Waals surface area contributed by atoms with Crippen LogP contribution in [0.25, 0.3) is 0 Å². The molecule has 2 aromatic carbocycles. The molecule has 0 heterocycles. The number of benzene rings is 2. The summed E-state index contributed by atoms with van der Waals surface area (Å²) in [6.45, 7) is 1.92. The minimum atomic E-state index is -0.377. The van der Waals surface area contributed by atoms with Crippen molar-refractivity contribution >= 4 is 15.9 Å². The third kappa shape index (κ3) is 2.42. The van der Waals surface area contributed by atoms with Crippen LogP contribution in [0.15, 0.2) is 46.9 Å². The normalized spacial score (nSPS) is 10.2. The number of ether oxygens (including phenoxy) is 1. The molecular formula is C13H10BrFO. The van der Waals surface area contributed by atoms with Crippen LogP contribution >= 0.6 is 15.9 Å². The molecule has 0 atom stereocenters. The van der Waals surface area contributed by atoms with Gasteiger partial charge in [0, 0.05) is 4.47 Å². The maximum absolute atomic E-state index is 13.5. The molecule has 0 aromatic heterocycles. The molecule has 0 bridgehead atoms. The van der Waals surface area contributed by atoms with Crippen LogP contribution in [0.5, 0.6) is 11.5 Å². The van der Waals surface area contributed by atoms with E-state index in [2.05, 4.69) is 15.9 Å². The van der Waals surface area contributed by atoms with Crippen molar-refractivity contribution in [3.63, 3.8) is 0 Å². The van der Waals surface area contributed by atoms with Gasteiger partial charge in [0.2, 0.25) is 0 Å². The highest BCUT2D eigenvalue weighted by molar-refractivity contribution is 9.10. The fourth-order valence-corrected chi connectivity index (χ4v) is 1.68. The number of hydrogen-bond acceptors (Lipinski definition) is 1. The largest absolute Gasteiger partial charge is 0.454 e. The molecule has 82 valence electrons. The fourth-order valence-electron chi connectivity index (χ4n) is 1.35. The Hall–Kier alpha value is -1.35. The highest BCUT2D eigenvalue weighted by Crippen LogP contribution is 2.28. The molecule has 0 amide bonds. The third-order valence-electron chi connectivity index (χ3n) is 2.21. The molecule has 0 saturated heterocycles. The van der Waals surface area contributed by atoms with Gasteiger partial charge in [-0.2, -0.15) is 0 Å². The highest BCUT2D eigenvalue weighted by Gasteiger charge is 2.06. The molecule has 0 saturated carbocycles. The maximum Gasteiger partial charge on any atom is 0.166 e. The van der Waals surface area contributed by atoms with E-state index >= 15 is 0 Å². The van der Waals surface area contributed by atoms with Crippen molar-refractivity contribution in [2.24, 2.45) is 0 Å². The average Bonchev–Trinajstić information content (AvgIpc) is 2.25. The van der Waals surface area contributed by atoms with Crippen LogP contribution < -0.4 is 4.74 Å². The van der Waals surface area contributed by atoms with E-state index < -0.39 is 0 Å². The number of rotatable bonds is 2. The summed E-state index contributed by atoms with van der Waals surface area (Å²) in [5.74, 6) is 0.527. The summed E-state index contributed by atoms with van der Waals surface area (Å²) >= 11 is 3.20. The fraction of sp³-hybridized carbons (Fsp3) is 0.0769. The Morgan fingerprint density at radius 1 is 1.06 bits per heavy atom. The molecule has 0 radical (unpaired) electrons. The second kappa shape index (κ2) is 4.66. The van der Waals surface area contributed by atoms with Crippen LogP contribution in [0.2, 0.25) is 0 Å². The van der Waals surface area contributed by atoms with E-state index in [1.165, 1.54) is 6.07 Å². The minimum Gasteiger partial charge on any atom is -0.454 e. The van der Waals surface area contributed by atoms with Gasteiger partial charge < -0.3 is 4.74 Å². The van der Waals surface area contributed by atoms with E-state index in [1.807, 2.05) is 31.2 Å². The number of hydrogen-bond donors (Lipinski definition) is 0. The lowest BCUT2D eigenvalue weighted by atomic mass is 10.2. The van der Waals surface area contributed by atoms with Crippen LogP contribution in [-0.2, 0) is 0 Å². The smallest absolute Gasteiger partial charge is 0.166 e. The van der Waals surface area contributed by atoms with Crippen LogP contribution in [0.3, 0.4) is 0 Å². The van der Waals surface area contributed by atoms with Crippen molar-refractivity contribution in [3.8, 4) is 11.5 Å². The van der Waals surface area contributed by atoms with Crippen LogP contribution in [0.4, 0.5) is 4.39 Å². The Bertz CT molecular complexity index is 511. The summed E-state index contributed by atoms with van der Waals surface area (Å²) < 4.78 is 19.7. The van der Waals surface area contributed by atoms with Gasteiger partial charge in [-0.25, -0.2) is 4.39 Å². The first-order valence-electron chi connectivity index (χ1n) is 4.85. The lowest BCUT2D eigenvalue weighted by Crippen LogP contribution is -1.90. The second-order valence-corrected chi connectivity index (χ2v) is 4.36. The molecule has 0 spiro atoms. The van der Waals surface area contributed by atoms with Crippen molar-refractivity contribution in [1.82, 2.24) is 0 Å². The van der Waals surface area contributed by atoms with E-state index in [1.54, 1.807) is 12.1 Å². The zero-order valence-electron chi connectivity index (χ0n) is 8.71. The van der Waals surface area contributed by atoms with Crippen molar-refractivity contribution in [2.75, 3.05) is 0 Å².